The number of allylic oxidation sites excluding steroid dienone is 7. The van der Waals surface area contributed by atoms with E-state index < -0.39 is 12.1 Å². The molecule has 0 aliphatic rings. The van der Waals surface area contributed by atoms with Crippen LogP contribution in [-0.2, 0) is 14.3 Å². The lowest BCUT2D eigenvalue weighted by atomic mass is 10.0. The molecule has 0 aromatic carbocycles. The first kappa shape index (κ1) is 78.8. The summed E-state index contributed by atoms with van der Waals surface area (Å²) in [5.41, 5.74) is 0. The molecule has 0 aliphatic carbocycles. The van der Waals surface area contributed by atoms with Gasteiger partial charge in [-0.3, -0.25) is 9.59 Å². The first-order valence-electron chi connectivity index (χ1n) is 36.4. The molecule has 0 radical (unpaired) electrons. The molecule has 6 heteroatoms. The fourth-order valence-electron chi connectivity index (χ4n) is 11.3. The fourth-order valence-corrected chi connectivity index (χ4v) is 11.3. The van der Waals surface area contributed by atoms with Gasteiger partial charge in [0.15, 0.2) is 0 Å². The molecule has 0 aromatic rings. The lowest BCUT2D eigenvalue weighted by Gasteiger charge is -2.20. The summed E-state index contributed by atoms with van der Waals surface area (Å²) >= 11 is 0. The van der Waals surface area contributed by atoms with Crippen molar-refractivity contribution in [2.45, 2.75) is 405 Å². The SMILES string of the molecule is CCCCCC/C=C\C/C=C\CCCCCCCCCC(=O)OCCCCCCCCCCCCCC/C=C\CCCCCCCCCCCCCCCCCCC(=O)NC(CO)C(O)/C=C/CCCCCCCCCCCCCC. The number of carbonyl (C=O) groups excluding carboxylic acids is 2. The molecule has 81 heavy (non-hydrogen) atoms. The molecule has 0 fully saturated rings. The number of ether oxygens (including phenoxy) is 1. The van der Waals surface area contributed by atoms with Gasteiger partial charge in [-0.15, -0.1) is 0 Å². The van der Waals surface area contributed by atoms with Crippen LogP contribution in [0.3, 0.4) is 0 Å². The van der Waals surface area contributed by atoms with Crippen LogP contribution in [0.2, 0.25) is 0 Å². The molecular weight excluding hydrogens is 995 g/mol. The average molecular weight is 1140 g/mol. The Balaban J connectivity index is 3.36. The van der Waals surface area contributed by atoms with E-state index >= 15 is 0 Å². The van der Waals surface area contributed by atoms with Gasteiger partial charge >= 0.3 is 5.97 Å². The van der Waals surface area contributed by atoms with Crippen LogP contribution in [0, 0.1) is 0 Å². The van der Waals surface area contributed by atoms with Crippen LogP contribution >= 0.6 is 0 Å². The summed E-state index contributed by atoms with van der Waals surface area (Å²) in [5, 5.41) is 23.1. The number of aliphatic hydroxyl groups is 2. The van der Waals surface area contributed by atoms with Crippen LogP contribution in [0.25, 0.3) is 0 Å². The van der Waals surface area contributed by atoms with Crippen molar-refractivity contribution in [3.63, 3.8) is 0 Å². The summed E-state index contributed by atoms with van der Waals surface area (Å²) < 4.78 is 5.50. The van der Waals surface area contributed by atoms with Crippen molar-refractivity contribution >= 4 is 11.9 Å². The van der Waals surface area contributed by atoms with E-state index in [0.29, 0.717) is 19.4 Å². The van der Waals surface area contributed by atoms with E-state index in [0.717, 1.165) is 51.4 Å². The number of amides is 1. The second-order valence-electron chi connectivity index (χ2n) is 24.9. The first-order chi connectivity index (χ1) is 40.0. The quantitative estimate of drug-likeness (QED) is 0.0320. The number of esters is 1. The molecule has 0 bridgehead atoms. The van der Waals surface area contributed by atoms with Crippen LogP contribution < -0.4 is 5.32 Å². The molecule has 0 aromatic heterocycles. The van der Waals surface area contributed by atoms with Gasteiger partial charge in [0.05, 0.1) is 25.4 Å². The minimum absolute atomic E-state index is 0.0107. The molecule has 0 spiro atoms. The van der Waals surface area contributed by atoms with Crippen molar-refractivity contribution in [1.82, 2.24) is 5.32 Å². The number of nitrogens with one attached hydrogen (secondary N) is 1. The van der Waals surface area contributed by atoms with Gasteiger partial charge in [-0.25, -0.2) is 0 Å². The third-order valence-electron chi connectivity index (χ3n) is 16.8. The molecule has 0 rings (SSSR count). The second kappa shape index (κ2) is 70.3. The molecule has 2 unspecified atom stereocenters. The third kappa shape index (κ3) is 66.8. The number of aliphatic hydroxyl groups excluding tert-OH is 2. The Kier molecular flexibility index (Phi) is 68.4. The fraction of sp³-hybridized carbons (Fsp3) is 0.867. The highest BCUT2D eigenvalue weighted by Gasteiger charge is 2.18. The van der Waals surface area contributed by atoms with Gasteiger partial charge in [0.2, 0.25) is 5.91 Å². The number of hydrogen-bond acceptors (Lipinski definition) is 5. The molecule has 2 atom stereocenters. The molecule has 1 amide bonds. The topological polar surface area (TPSA) is 95.9 Å². The van der Waals surface area contributed by atoms with Crippen molar-refractivity contribution in [2.24, 2.45) is 0 Å². The van der Waals surface area contributed by atoms with Gasteiger partial charge in [-0.05, 0) is 89.9 Å². The molecule has 6 nitrogen and oxygen atoms in total. The minimum Gasteiger partial charge on any atom is -0.466 e. The molecular formula is C75H141NO5. The normalized spacial score (nSPS) is 12.8. The van der Waals surface area contributed by atoms with E-state index in [-0.39, 0.29) is 18.5 Å². The minimum atomic E-state index is -0.843. The Morgan fingerprint density at radius 3 is 0.963 bits per heavy atom. The van der Waals surface area contributed by atoms with Crippen LogP contribution in [0.15, 0.2) is 48.6 Å². The van der Waals surface area contributed by atoms with Gasteiger partial charge in [0.25, 0.3) is 0 Å². The van der Waals surface area contributed by atoms with Crippen molar-refractivity contribution in [1.29, 1.82) is 0 Å². The number of unbranched alkanes of at least 4 members (excludes halogenated alkanes) is 51. The molecule has 0 heterocycles. The summed E-state index contributed by atoms with van der Waals surface area (Å²) in [6, 6.07) is -0.626. The smallest absolute Gasteiger partial charge is 0.305 e. The number of carbonyl (C=O) groups is 2. The summed E-state index contributed by atoms with van der Waals surface area (Å²) in [5.74, 6) is -0.0532. The maximum atomic E-state index is 12.5. The zero-order valence-corrected chi connectivity index (χ0v) is 54.5. The maximum absolute atomic E-state index is 12.5. The lowest BCUT2D eigenvalue weighted by molar-refractivity contribution is -0.143. The van der Waals surface area contributed by atoms with Gasteiger partial charge in [0, 0.05) is 12.8 Å². The van der Waals surface area contributed by atoms with E-state index in [1.807, 2.05) is 6.08 Å². The molecule has 0 saturated carbocycles. The second-order valence-corrected chi connectivity index (χ2v) is 24.9. The number of rotatable bonds is 68. The standard InChI is InChI=1S/C75H141NO5/c1-3-5-7-9-11-13-15-17-19-20-38-41-45-49-53-57-61-65-69-75(80)81-70-66-62-58-54-50-46-42-39-36-34-32-30-28-26-24-22-21-23-25-27-29-31-33-35-37-40-44-48-52-56-60-64-68-74(79)76-72(71-77)73(78)67-63-59-55-51-47-43-18-16-14-12-10-8-6-4-2/h13,15,19-20,24,26,63,67,72-73,77-78H,3-12,14,16-18,21-23,25,27-62,64-66,68-71H2,1-2H3,(H,76,79)/b15-13-,20-19-,26-24-,67-63+. The van der Waals surface area contributed by atoms with E-state index in [9.17, 15) is 19.8 Å². The largest absolute Gasteiger partial charge is 0.466 e. The number of hydrogen-bond donors (Lipinski definition) is 3. The van der Waals surface area contributed by atoms with Crippen LogP contribution in [-0.4, -0.2) is 47.4 Å². The van der Waals surface area contributed by atoms with E-state index in [4.69, 9.17) is 4.74 Å². The monoisotopic (exact) mass is 1140 g/mol. The van der Waals surface area contributed by atoms with Crippen molar-refractivity contribution in [3.05, 3.63) is 48.6 Å². The summed E-state index contributed by atoms with van der Waals surface area (Å²) in [7, 11) is 0. The highest BCUT2D eigenvalue weighted by Crippen LogP contribution is 2.18. The van der Waals surface area contributed by atoms with Gasteiger partial charge in [-0.1, -0.05) is 339 Å². The predicted molar refractivity (Wildman–Crippen MR) is 356 cm³/mol. The van der Waals surface area contributed by atoms with E-state index in [2.05, 4.69) is 55.6 Å². The Morgan fingerprint density at radius 2 is 0.617 bits per heavy atom. The highest BCUT2D eigenvalue weighted by atomic mass is 16.5. The molecule has 0 saturated heterocycles. The maximum Gasteiger partial charge on any atom is 0.305 e. The zero-order valence-electron chi connectivity index (χ0n) is 54.5. The van der Waals surface area contributed by atoms with Crippen molar-refractivity contribution in [3.8, 4) is 0 Å². The Bertz CT molecular complexity index is 1360. The van der Waals surface area contributed by atoms with Gasteiger partial charge in [-0.2, -0.15) is 0 Å². The third-order valence-corrected chi connectivity index (χ3v) is 16.8. The Hall–Kier alpha value is -2.18. The van der Waals surface area contributed by atoms with E-state index in [1.54, 1.807) is 6.08 Å². The molecule has 0 aliphatic heterocycles. The Labute approximate surface area is 506 Å². The van der Waals surface area contributed by atoms with Gasteiger partial charge < -0.3 is 20.3 Å². The first-order valence-corrected chi connectivity index (χ1v) is 36.4. The molecule has 476 valence electrons. The van der Waals surface area contributed by atoms with Crippen molar-refractivity contribution < 1.29 is 24.5 Å². The zero-order chi connectivity index (χ0) is 58.5. The Morgan fingerprint density at radius 1 is 0.346 bits per heavy atom. The van der Waals surface area contributed by atoms with Crippen LogP contribution in [0.1, 0.15) is 393 Å². The average Bonchev–Trinajstić information content (AvgIpc) is 3.47. The summed E-state index contributed by atoms with van der Waals surface area (Å²) in [6.45, 7) is 4.91. The highest BCUT2D eigenvalue weighted by molar-refractivity contribution is 5.76. The summed E-state index contributed by atoms with van der Waals surface area (Å²) in [4.78, 5) is 24.6. The summed E-state index contributed by atoms with van der Waals surface area (Å²) in [6.07, 6.45) is 92.0. The lowest BCUT2D eigenvalue weighted by Crippen LogP contribution is -2.45. The van der Waals surface area contributed by atoms with Crippen molar-refractivity contribution in [2.75, 3.05) is 13.2 Å². The predicted octanol–water partition coefficient (Wildman–Crippen LogP) is 23.6. The van der Waals surface area contributed by atoms with Crippen LogP contribution in [0.5, 0.6) is 0 Å². The van der Waals surface area contributed by atoms with Crippen LogP contribution in [0.4, 0.5) is 0 Å². The van der Waals surface area contributed by atoms with E-state index in [1.165, 1.54) is 315 Å². The molecule has 3 N–H and O–H groups in total. The van der Waals surface area contributed by atoms with Gasteiger partial charge in [0.1, 0.15) is 0 Å².